The fourth-order valence-corrected chi connectivity index (χ4v) is 3.37. The van der Waals surface area contributed by atoms with E-state index in [1.165, 1.54) is 29.5 Å². The molecule has 0 heterocycles. The molecule has 24 heavy (non-hydrogen) atoms. The third-order valence-electron chi connectivity index (χ3n) is 4.71. The lowest BCUT2D eigenvalue weighted by Crippen LogP contribution is -2.25. The van der Waals surface area contributed by atoms with Crippen LogP contribution in [0.2, 0.25) is 0 Å². The van der Waals surface area contributed by atoms with E-state index < -0.39 is 0 Å². The van der Waals surface area contributed by atoms with Gasteiger partial charge in [0.2, 0.25) is 0 Å². The summed E-state index contributed by atoms with van der Waals surface area (Å²) in [5, 5.41) is 3.03. The molecular formula is C21H25NO2. The predicted octanol–water partition coefficient (Wildman–Crippen LogP) is 3.94. The number of ether oxygens (including phenoxy) is 1. The highest BCUT2D eigenvalue weighted by atomic mass is 16.5. The van der Waals surface area contributed by atoms with E-state index in [1.807, 2.05) is 24.3 Å². The molecule has 0 saturated carbocycles. The van der Waals surface area contributed by atoms with Crippen LogP contribution in [-0.2, 0) is 19.3 Å². The maximum atomic E-state index is 12.3. The Morgan fingerprint density at radius 2 is 1.88 bits per heavy atom. The molecule has 0 bridgehead atoms. The van der Waals surface area contributed by atoms with Crippen molar-refractivity contribution < 1.29 is 9.53 Å². The van der Waals surface area contributed by atoms with Gasteiger partial charge in [-0.3, -0.25) is 4.79 Å². The van der Waals surface area contributed by atoms with Crippen molar-refractivity contribution in [1.29, 1.82) is 0 Å². The fourth-order valence-electron chi connectivity index (χ4n) is 3.37. The second-order valence-electron chi connectivity index (χ2n) is 6.36. The minimum absolute atomic E-state index is 0.0309. The van der Waals surface area contributed by atoms with E-state index in [-0.39, 0.29) is 5.91 Å². The molecule has 0 aliphatic heterocycles. The number of hydrogen-bond acceptors (Lipinski definition) is 2. The summed E-state index contributed by atoms with van der Waals surface area (Å²) in [5.74, 6) is 0.946. The van der Waals surface area contributed by atoms with E-state index >= 15 is 0 Å². The zero-order valence-corrected chi connectivity index (χ0v) is 14.3. The number of carbonyl (C=O) groups excluding carboxylic acids is 1. The van der Waals surface area contributed by atoms with Crippen LogP contribution < -0.4 is 10.1 Å². The van der Waals surface area contributed by atoms with Crippen LogP contribution in [0.3, 0.4) is 0 Å². The molecule has 0 fully saturated rings. The average molecular weight is 323 g/mol. The van der Waals surface area contributed by atoms with Gasteiger partial charge in [-0.05, 0) is 73.4 Å². The van der Waals surface area contributed by atoms with E-state index in [0.29, 0.717) is 6.54 Å². The summed E-state index contributed by atoms with van der Waals surface area (Å²) in [4.78, 5) is 12.3. The molecule has 3 heteroatoms. The van der Waals surface area contributed by atoms with Gasteiger partial charge in [-0.25, -0.2) is 0 Å². The number of aryl methyl sites for hydroxylation is 3. The lowest BCUT2D eigenvalue weighted by Gasteiger charge is -2.16. The van der Waals surface area contributed by atoms with Gasteiger partial charge < -0.3 is 10.1 Å². The van der Waals surface area contributed by atoms with Gasteiger partial charge in [0.1, 0.15) is 5.75 Å². The van der Waals surface area contributed by atoms with E-state index in [2.05, 4.69) is 23.5 Å². The van der Waals surface area contributed by atoms with E-state index in [4.69, 9.17) is 4.74 Å². The number of methoxy groups -OCH3 is 1. The van der Waals surface area contributed by atoms with Crippen molar-refractivity contribution in [1.82, 2.24) is 5.32 Å². The monoisotopic (exact) mass is 323 g/mol. The molecule has 0 saturated heterocycles. The highest BCUT2D eigenvalue weighted by Gasteiger charge is 2.12. The van der Waals surface area contributed by atoms with Gasteiger partial charge in [-0.15, -0.1) is 0 Å². The first-order valence-electron chi connectivity index (χ1n) is 8.80. The van der Waals surface area contributed by atoms with Crippen LogP contribution in [0.5, 0.6) is 5.75 Å². The molecule has 3 rings (SSSR count). The first-order chi connectivity index (χ1) is 11.8. The maximum absolute atomic E-state index is 12.3. The van der Waals surface area contributed by atoms with Crippen molar-refractivity contribution in [3.63, 3.8) is 0 Å². The van der Waals surface area contributed by atoms with Crippen LogP contribution in [-0.4, -0.2) is 19.6 Å². The standard InChI is InChI=1S/C21H25NO2/c1-24-20-11-5-4-8-17(20)10-6-14-22-21(23)19-13-12-16-7-2-3-9-18(16)15-19/h4-5,8,11-13,15H,2-3,6-7,9-10,14H2,1H3,(H,22,23). The van der Waals surface area contributed by atoms with Gasteiger partial charge in [0.25, 0.3) is 5.91 Å². The van der Waals surface area contributed by atoms with Crippen LogP contribution in [0.25, 0.3) is 0 Å². The summed E-state index contributed by atoms with van der Waals surface area (Å²) in [7, 11) is 1.69. The quantitative estimate of drug-likeness (QED) is 0.818. The van der Waals surface area contributed by atoms with Gasteiger partial charge >= 0.3 is 0 Å². The van der Waals surface area contributed by atoms with Crippen LogP contribution in [0.4, 0.5) is 0 Å². The molecule has 1 aliphatic carbocycles. The molecule has 0 spiro atoms. The third kappa shape index (κ3) is 3.97. The topological polar surface area (TPSA) is 38.3 Å². The van der Waals surface area contributed by atoms with Gasteiger partial charge in [0.15, 0.2) is 0 Å². The number of para-hydroxylation sites is 1. The number of hydrogen-bond donors (Lipinski definition) is 1. The van der Waals surface area contributed by atoms with Crippen LogP contribution in [0, 0.1) is 0 Å². The molecule has 1 N–H and O–H groups in total. The third-order valence-corrected chi connectivity index (χ3v) is 4.71. The largest absolute Gasteiger partial charge is 0.496 e. The molecule has 2 aromatic carbocycles. The zero-order chi connectivity index (χ0) is 16.8. The zero-order valence-electron chi connectivity index (χ0n) is 14.3. The Kier molecular flexibility index (Phi) is 5.52. The van der Waals surface area contributed by atoms with Crippen molar-refractivity contribution in [3.8, 4) is 5.75 Å². The lowest BCUT2D eigenvalue weighted by molar-refractivity contribution is 0.0953. The molecule has 0 unspecified atom stereocenters. The summed E-state index contributed by atoms with van der Waals surface area (Å²) in [6, 6.07) is 14.2. The number of nitrogens with one attached hydrogen (secondary N) is 1. The molecule has 2 aromatic rings. The molecule has 1 aliphatic rings. The van der Waals surface area contributed by atoms with Crippen molar-refractivity contribution >= 4 is 5.91 Å². The van der Waals surface area contributed by atoms with Gasteiger partial charge in [-0.2, -0.15) is 0 Å². The minimum atomic E-state index is 0.0309. The Morgan fingerprint density at radius 1 is 1.08 bits per heavy atom. The van der Waals surface area contributed by atoms with Gasteiger partial charge in [0.05, 0.1) is 7.11 Å². The number of amides is 1. The summed E-state index contributed by atoms with van der Waals surface area (Å²) < 4.78 is 5.36. The molecule has 1 amide bonds. The summed E-state index contributed by atoms with van der Waals surface area (Å²) in [6.07, 6.45) is 6.55. The molecular weight excluding hydrogens is 298 g/mol. The molecule has 3 nitrogen and oxygen atoms in total. The Bertz CT molecular complexity index is 709. The first-order valence-corrected chi connectivity index (χ1v) is 8.80. The summed E-state index contributed by atoms with van der Waals surface area (Å²) in [6.45, 7) is 0.675. The maximum Gasteiger partial charge on any atom is 0.251 e. The SMILES string of the molecule is COc1ccccc1CCCNC(=O)c1ccc2c(c1)CCCC2. The fraction of sp³-hybridized carbons (Fsp3) is 0.381. The van der Waals surface area contributed by atoms with Crippen LogP contribution >= 0.6 is 0 Å². The highest BCUT2D eigenvalue weighted by Crippen LogP contribution is 2.22. The Balaban J connectivity index is 1.51. The van der Waals surface area contributed by atoms with Crippen molar-refractivity contribution in [2.75, 3.05) is 13.7 Å². The van der Waals surface area contributed by atoms with E-state index in [0.717, 1.165) is 37.0 Å². The molecule has 0 atom stereocenters. The molecule has 126 valence electrons. The van der Waals surface area contributed by atoms with E-state index in [9.17, 15) is 4.79 Å². The lowest BCUT2D eigenvalue weighted by atomic mass is 9.90. The normalized spacial score (nSPS) is 13.2. The van der Waals surface area contributed by atoms with Gasteiger partial charge in [0, 0.05) is 12.1 Å². The summed E-state index contributed by atoms with van der Waals surface area (Å²) in [5.41, 5.74) is 4.73. The Morgan fingerprint density at radius 3 is 2.71 bits per heavy atom. The predicted molar refractivity (Wildman–Crippen MR) is 96.7 cm³/mol. The minimum Gasteiger partial charge on any atom is -0.496 e. The van der Waals surface area contributed by atoms with Crippen molar-refractivity contribution in [2.45, 2.75) is 38.5 Å². The number of fused-ring (bicyclic) bond motifs is 1. The van der Waals surface area contributed by atoms with Gasteiger partial charge in [-0.1, -0.05) is 24.3 Å². The number of carbonyl (C=O) groups is 1. The molecule has 0 aromatic heterocycles. The Hall–Kier alpha value is -2.29. The summed E-state index contributed by atoms with van der Waals surface area (Å²) >= 11 is 0. The second kappa shape index (κ2) is 8.00. The smallest absolute Gasteiger partial charge is 0.251 e. The number of benzene rings is 2. The highest BCUT2D eigenvalue weighted by molar-refractivity contribution is 5.94. The second-order valence-corrected chi connectivity index (χ2v) is 6.36. The first kappa shape index (κ1) is 16.6. The van der Waals surface area contributed by atoms with Crippen molar-refractivity contribution in [2.24, 2.45) is 0 Å². The molecule has 0 radical (unpaired) electrons. The van der Waals surface area contributed by atoms with E-state index in [1.54, 1.807) is 7.11 Å². The van der Waals surface area contributed by atoms with Crippen LogP contribution in [0.1, 0.15) is 46.3 Å². The number of rotatable bonds is 6. The van der Waals surface area contributed by atoms with Crippen LogP contribution in [0.15, 0.2) is 42.5 Å². The average Bonchev–Trinajstić information content (AvgIpc) is 2.65. The Labute approximate surface area is 144 Å². The van der Waals surface area contributed by atoms with Crippen molar-refractivity contribution in [3.05, 3.63) is 64.7 Å².